The highest BCUT2D eigenvalue weighted by molar-refractivity contribution is 5.91. The number of hydrogen-bond acceptors (Lipinski definition) is 5. The molecule has 2 heterocycles. The number of amides is 1. The van der Waals surface area contributed by atoms with Crippen molar-refractivity contribution in [2.24, 2.45) is 0 Å². The molecule has 7 heteroatoms. The first-order valence-corrected chi connectivity index (χ1v) is 9.94. The molecule has 0 aliphatic heterocycles. The first kappa shape index (κ1) is 20.3. The highest BCUT2D eigenvalue weighted by atomic mass is 16.5. The smallest absolute Gasteiger partial charge is 0.287 e. The second kappa shape index (κ2) is 9.67. The number of benzene rings is 2. The zero-order valence-electron chi connectivity index (χ0n) is 17.2. The molecule has 0 unspecified atom stereocenters. The molecule has 0 aliphatic carbocycles. The van der Waals surface area contributed by atoms with Crippen LogP contribution in [0.4, 0.5) is 0 Å². The molecule has 2 aromatic heterocycles. The first-order chi connectivity index (χ1) is 15.2. The van der Waals surface area contributed by atoms with Crippen molar-refractivity contribution in [3.63, 3.8) is 0 Å². The summed E-state index contributed by atoms with van der Waals surface area (Å²) in [5.74, 6) is 1.80. The molecule has 1 amide bonds. The summed E-state index contributed by atoms with van der Waals surface area (Å²) in [6.45, 7) is 0.680. The van der Waals surface area contributed by atoms with Gasteiger partial charge in [0.1, 0.15) is 12.4 Å². The van der Waals surface area contributed by atoms with Gasteiger partial charge in [-0.05, 0) is 48.4 Å². The van der Waals surface area contributed by atoms with Gasteiger partial charge in [0.15, 0.2) is 17.3 Å². The Morgan fingerprint density at radius 2 is 1.81 bits per heavy atom. The van der Waals surface area contributed by atoms with Gasteiger partial charge in [0, 0.05) is 12.7 Å². The number of carbonyl (C=O) groups excluding carboxylic acids is 1. The summed E-state index contributed by atoms with van der Waals surface area (Å²) in [5, 5.41) is 7.24. The third kappa shape index (κ3) is 5.14. The van der Waals surface area contributed by atoms with E-state index in [0.717, 1.165) is 11.3 Å². The SMILES string of the molecule is COc1ccccc1OCc1ccc(C(=O)NCCc2cnn(-c3ccccc3)c2)o1. The Balaban J connectivity index is 1.26. The average Bonchev–Trinajstić information content (AvgIpc) is 3.48. The number of hydrogen-bond donors (Lipinski definition) is 1. The van der Waals surface area contributed by atoms with Gasteiger partial charge in [-0.15, -0.1) is 0 Å². The van der Waals surface area contributed by atoms with E-state index >= 15 is 0 Å². The van der Waals surface area contributed by atoms with Crippen molar-refractivity contribution in [2.45, 2.75) is 13.0 Å². The fourth-order valence-electron chi connectivity index (χ4n) is 3.08. The maximum Gasteiger partial charge on any atom is 0.287 e. The second-order valence-corrected chi connectivity index (χ2v) is 6.84. The molecule has 1 N–H and O–H groups in total. The van der Waals surface area contributed by atoms with Crippen LogP contribution in [0.15, 0.2) is 83.5 Å². The normalized spacial score (nSPS) is 10.6. The lowest BCUT2D eigenvalue weighted by Crippen LogP contribution is -2.25. The number of furan rings is 1. The number of aromatic nitrogens is 2. The van der Waals surface area contributed by atoms with E-state index in [2.05, 4.69) is 10.4 Å². The Morgan fingerprint density at radius 3 is 2.61 bits per heavy atom. The van der Waals surface area contributed by atoms with Crippen LogP contribution in [0.3, 0.4) is 0 Å². The Kier molecular flexibility index (Phi) is 6.32. The third-order valence-corrected chi connectivity index (χ3v) is 4.68. The summed E-state index contributed by atoms with van der Waals surface area (Å²) < 4.78 is 18.4. The van der Waals surface area contributed by atoms with E-state index in [1.807, 2.05) is 65.5 Å². The number of para-hydroxylation sites is 3. The number of methoxy groups -OCH3 is 1. The van der Waals surface area contributed by atoms with Crippen molar-refractivity contribution in [1.29, 1.82) is 0 Å². The van der Waals surface area contributed by atoms with Gasteiger partial charge in [0.2, 0.25) is 0 Å². The molecule has 4 aromatic rings. The highest BCUT2D eigenvalue weighted by Crippen LogP contribution is 2.26. The lowest BCUT2D eigenvalue weighted by molar-refractivity contribution is 0.0922. The van der Waals surface area contributed by atoms with Crippen molar-refractivity contribution in [2.75, 3.05) is 13.7 Å². The molecule has 0 aliphatic rings. The summed E-state index contributed by atoms with van der Waals surface area (Å²) >= 11 is 0. The fourth-order valence-corrected chi connectivity index (χ4v) is 3.08. The molecule has 7 nitrogen and oxygen atoms in total. The zero-order chi connectivity index (χ0) is 21.5. The van der Waals surface area contributed by atoms with Crippen molar-refractivity contribution >= 4 is 5.91 Å². The number of nitrogens with zero attached hydrogens (tertiary/aromatic N) is 2. The van der Waals surface area contributed by atoms with Crippen LogP contribution in [0.1, 0.15) is 21.9 Å². The predicted octanol–water partition coefficient (Wildman–Crippen LogP) is 4.03. The monoisotopic (exact) mass is 417 g/mol. The minimum atomic E-state index is -0.265. The van der Waals surface area contributed by atoms with Crippen molar-refractivity contribution in [3.05, 3.63) is 96.2 Å². The topological polar surface area (TPSA) is 78.5 Å². The minimum Gasteiger partial charge on any atom is -0.493 e. The number of rotatable bonds is 9. The van der Waals surface area contributed by atoms with Crippen molar-refractivity contribution in [1.82, 2.24) is 15.1 Å². The molecular formula is C24H23N3O4. The molecule has 0 saturated carbocycles. The molecule has 0 saturated heterocycles. The highest BCUT2D eigenvalue weighted by Gasteiger charge is 2.12. The first-order valence-electron chi connectivity index (χ1n) is 9.94. The van der Waals surface area contributed by atoms with Gasteiger partial charge >= 0.3 is 0 Å². The van der Waals surface area contributed by atoms with E-state index in [1.165, 1.54) is 0 Å². The van der Waals surface area contributed by atoms with Gasteiger partial charge in [-0.25, -0.2) is 4.68 Å². The van der Waals surface area contributed by atoms with Crippen LogP contribution in [0.2, 0.25) is 0 Å². The maximum absolute atomic E-state index is 12.4. The van der Waals surface area contributed by atoms with Gasteiger partial charge in [-0.3, -0.25) is 4.79 Å². The standard InChI is InChI=1S/C24H23N3O4/c1-29-21-9-5-6-10-22(21)30-17-20-11-12-23(31-20)24(28)25-14-13-18-15-26-27(16-18)19-7-3-2-4-8-19/h2-12,15-16H,13-14,17H2,1H3,(H,25,28). The molecule has 0 fully saturated rings. The molecule has 31 heavy (non-hydrogen) atoms. The van der Waals surface area contributed by atoms with Crippen LogP contribution in [-0.2, 0) is 13.0 Å². The van der Waals surface area contributed by atoms with Crippen LogP contribution in [-0.4, -0.2) is 29.3 Å². The van der Waals surface area contributed by atoms with Crippen molar-refractivity contribution < 1.29 is 18.7 Å². The summed E-state index contributed by atoms with van der Waals surface area (Å²) in [6.07, 6.45) is 4.43. The van der Waals surface area contributed by atoms with E-state index in [4.69, 9.17) is 13.9 Å². The minimum absolute atomic E-state index is 0.201. The predicted molar refractivity (Wildman–Crippen MR) is 116 cm³/mol. The summed E-state index contributed by atoms with van der Waals surface area (Å²) in [5.41, 5.74) is 2.03. The van der Waals surface area contributed by atoms with Crippen LogP contribution in [0.25, 0.3) is 5.69 Å². The summed E-state index contributed by atoms with van der Waals surface area (Å²) in [7, 11) is 1.59. The number of ether oxygens (including phenoxy) is 2. The molecule has 0 atom stereocenters. The number of carbonyl (C=O) groups is 1. The van der Waals surface area contributed by atoms with Crippen LogP contribution in [0.5, 0.6) is 11.5 Å². The van der Waals surface area contributed by atoms with Crippen LogP contribution in [0, 0.1) is 0 Å². The second-order valence-electron chi connectivity index (χ2n) is 6.84. The molecule has 0 spiro atoms. The maximum atomic E-state index is 12.4. The van der Waals surface area contributed by atoms with E-state index < -0.39 is 0 Å². The lowest BCUT2D eigenvalue weighted by Gasteiger charge is -2.08. The van der Waals surface area contributed by atoms with Gasteiger partial charge in [0.25, 0.3) is 5.91 Å². The molecule has 2 aromatic carbocycles. The Hall–Kier alpha value is -4.00. The van der Waals surface area contributed by atoms with Gasteiger partial charge in [-0.1, -0.05) is 30.3 Å². The summed E-state index contributed by atoms with van der Waals surface area (Å²) in [6, 6.07) is 20.6. The average molecular weight is 417 g/mol. The van der Waals surface area contributed by atoms with Crippen LogP contribution < -0.4 is 14.8 Å². The molecule has 4 rings (SSSR count). The van der Waals surface area contributed by atoms with E-state index in [0.29, 0.717) is 30.2 Å². The van der Waals surface area contributed by atoms with E-state index in [-0.39, 0.29) is 18.3 Å². The molecule has 0 radical (unpaired) electrons. The van der Waals surface area contributed by atoms with Crippen LogP contribution >= 0.6 is 0 Å². The third-order valence-electron chi connectivity index (χ3n) is 4.68. The van der Waals surface area contributed by atoms with Gasteiger partial charge in [0.05, 0.1) is 19.0 Å². The van der Waals surface area contributed by atoms with Gasteiger partial charge < -0.3 is 19.2 Å². The quantitative estimate of drug-likeness (QED) is 0.445. The zero-order valence-corrected chi connectivity index (χ0v) is 17.2. The largest absolute Gasteiger partial charge is 0.493 e. The van der Waals surface area contributed by atoms with E-state index in [9.17, 15) is 4.79 Å². The molecular weight excluding hydrogens is 394 g/mol. The Morgan fingerprint density at radius 1 is 1.03 bits per heavy atom. The fraction of sp³-hybridized carbons (Fsp3) is 0.167. The molecule has 0 bridgehead atoms. The number of nitrogens with one attached hydrogen (secondary N) is 1. The Bertz CT molecular complexity index is 1130. The Labute approximate surface area is 180 Å². The van der Waals surface area contributed by atoms with Crippen molar-refractivity contribution in [3.8, 4) is 17.2 Å². The lowest BCUT2D eigenvalue weighted by atomic mass is 10.2. The van der Waals surface area contributed by atoms with E-state index in [1.54, 1.807) is 25.4 Å². The molecule has 158 valence electrons. The van der Waals surface area contributed by atoms with Gasteiger partial charge in [-0.2, -0.15) is 5.10 Å². The summed E-state index contributed by atoms with van der Waals surface area (Å²) in [4.78, 5) is 12.4.